The molecule has 1 aromatic heterocycles. The second kappa shape index (κ2) is 7.28. The lowest BCUT2D eigenvalue weighted by molar-refractivity contribution is 0.102. The number of aromatic amines is 1. The SMILES string of the molecule is CC[C@H](C)Sc1nc(N)c(NC(=O)c2ccccc2F)c(=O)[nH]1. The Bertz CT molecular complexity index is 778. The van der Waals surface area contributed by atoms with Crippen LogP contribution in [0, 0.1) is 5.82 Å². The molecule has 0 saturated carbocycles. The van der Waals surface area contributed by atoms with E-state index in [0.717, 1.165) is 12.5 Å². The van der Waals surface area contributed by atoms with Crippen molar-refractivity contribution in [2.75, 3.05) is 11.1 Å². The van der Waals surface area contributed by atoms with Gasteiger partial charge in [-0.3, -0.25) is 14.6 Å². The van der Waals surface area contributed by atoms with Crippen LogP contribution in [0.15, 0.2) is 34.2 Å². The minimum atomic E-state index is -0.760. The number of aromatic nitrogens is 2. The minimum absolute atomic E-state index is 0.107. The third kappa shape index (κ3) is 4.10. The van der Waals surface area contributed by atoms with Crippen molar-refractivity contribution in [3.05, 3.63) is 46.0 Å². The monoisotopic (exact) mass is 336 g/mol. The van der Waals surface area contributed by atoms with Crippen molar-refractivity contribution in [1.29, 1.82) is 0 Å². The van der Waals surface area contributed by atoms with Gasteiger partial charge in [-0.15, -0.1) is 0 Å². The zero-order chi connectivity index (χ0) is 17.0. The molecule has 2 aromatic rings. The number of nitrogen functional groups attached to an aromatic ring is 1. The molecule has 0 unspecified atom stereocenters. The maximum absolute atomic E-state index is 13.6. The smallest absolute Gasteiger partial charge is 0.277 e. The van der Waals surface area contributed by atoms with Crippen molar-refractivity contribution in [2.24, 2.45) is 0 Å². The third-order valence-electron chi connectivity index (χ3n) is 3.17. The Morgan fingerprint density at radius 1 is 1.48 bits per heavy atom. The Morgan fingerprint density at radius 3 is 2.78 bits per heavy atom. The van der Waals surface area contributed by atoms with E-state index in [4.69, 9.17) is 5.73 Å². The first-order chi connectivity index (χ1) is 10.9. The molecule has 1 atom stereocenters. The fraction of sp³-hybridized carbons (Fsp3) is 0.267. The summed E-state index contributed by atoms with van der Waals surface area (Å²) in [7, 11) is 0. The Labute approximate surface area is 136 Å². The molecule has 0 aliphatic heterocycles. The predicted octanol–water partition coefficient (Wildman–Crippen LogP) is 2.63. The maximum Gasteiger partial charge on any atom is 0.277 e. The number of carbonyl (C=O) groups excluding carboxylic acids is 1. The molecule has 0 aliphatic rings. The van der Waals surface area contributed by atoms with E-state index in [-0.39, 0.29) is 22.3 Å². The van der Waals surface area contributed by atoms with Crippen molar-refractivity contribution in [3.8, 4) is 0 Å². The van der Waals surface area contributed by atoms with Crippen LogP contribution in [0.4, 0.5) is 15.9 Å². The zero-order valence-corrected chi connectivity index (χ0v) is 13.5. The maximum atomic E-state index is 13.6. The standard InChI is InChI=1S/C15H17FN4O2S/c1-3-8(2)23-15-19-12(17)11(14(22)20-15)18-13(21)9-6-4-5-7-10(9)16/h4-8H,3H2,1-2H3,(H,18,21)(H3,17,19,20,22)/t8-/m0/s1. The first-order valence-corrected chi connectivity index (χ1v) is 7.92. The lowest BCUT2D eigenvalue weighted by Gasteiger charge is -2.10. The normalized spacial score (nSPS) is 12.0. The van der Waals surface area contributed by atoms with E-state index in [9.17, 15) is 14.0 Å². The predicted molar refractivity (Wildman–Crippen MR) is 89.2 cm³/mol. The molecular formula is C15H17FN4O2S. The van der Waals surface area contributed by atoms with Crippen molar-refractivity contribution in [1.82, 2.24) is 9.97 Å². The Kier molecular flexibility index (Phi) is 5.38. The lowest BCUT2D eigenvalue weighted by atomic mass is 10.2. The van der Waals surface area contributed by atoms with Gasteiger partial charge in [0.25, 0.3) is 11.5 Å². The van der Waals surface area contributed by atoms with Crippen LogP contribution < -0.4 is 16.6 Å². The molecule has 1 heterocycles. The largest absolute Gasteiger partial charge is 0.382 e. The van der Waals surface area contributed by atoms with Gasteiger partial charge in [-0.2, -0.15) is 0 Å². The molecular weight excluding hydrogens is 319 g/mol. The molecule has 4 N–H and O–H groups in total. The highest BCUT2D eigenvalue weighted by molar-refractivity contribution is 7.99. The topological polar surface area (TPSA) is 101 Å². The number of benzene rings is 1. The lowest BCUT2D eigenvalue weighted by Crippen LogP contribution is -2.23. The van der Waals surface area contributed by atoms with Crippen LogP contribution in [-0.4, -0.2) is 21.1 Å². The number of halogens is 1. The molecule has 0 fully saturated rings. The molecule has 1 aromatic carbocycles. The summed E-state index contributed by atoms with van der Waals surface area (Å²) in [5.41, 5.74) is 4.81. The highest BCUT2D eigenvalue weighted by atomic mass is 32.2. The summed E-state index contributed by atoms with van der Waals surface area (Å²) < 4.78 is 13.6. The fourth-order valence-electron chi connectivity index (χ4n) is 1.75. The van der Waals surface area contributed by atoms with E-state index in [1.54, 1.807) is 0 Å². The van der Waals surface area contributed by atoms with E-state index < -0.39 is 17.3 Å². The molecule has 6 nitrogen and oxygen atoms in total. The number of anilines is 2. The number of nitrogens with one attached hydrogen (secondary N) is 2. The second-order valence-corrected chi connectivity index (χ2v) is 6.33. The quantitative estimate of drug-likeness (QED) is 0.575. The minimum Gasteiger partial charge on any atom is -0.382 e. The van der Waals surface area contributed by atoms with Crippen LogP contribution in [-0.2, 0) is 0 Å². The average Bonchev–Trinajstić information content (AvgIpc) is 2.51. The average molecular weight is 336 g/mol. The van der Waals surface area contributed by atoms with E-state index in [1.165, 1.54) is 30.0 Å². The number of hydrogen-bond acceptors (Lipinski definition) is 5. The van der Waals surface area contributed by atoms with Gasteiger partial charge in [0, 0.05) is 5.25 Å². The molecule has 122 valence electrons. The van der Waals surface area contributed by atoms with E-state index >= 15 is 0 Å². The van der Waals surface area contributed by atoms with Gasteiger partial charge in [0.05, 0.1) is 5.56 Å². The number of rotatable bonds is 5. The number of hydrogen-bond donors (Lipinski definition) is 3. The zero-order valence-electron chi connectivity index (χ0n) is 12.7. The van der Waals surface area contributed by atoms with Gasteiger partial charge in [-0.1, -0.05) is 37.7 Å². The van der Waals surface area contributed by atoms with Crippen LogP contribution in [0.2, 0.25) is 0 Å². The van der Waals surface area contributed by atoms with E-state index in [0.29, 0.717) is 5.16 Å². The molecule has 0 radical (unpaired) electrons. The van der Waals surface area contributed by atoms with Crippen molar-refractivity contribution < 1.29 is 9.18 Å². The first kappa shape index (κ1) is 17.0. The number of amides is 1. The van der Waals surface area contributed by atoms with Crippen molar-refractivity contribution in [3.63, 3.8) is 0 Å². The summed E-state index contributed by atoms with van der Waals surface area (Å²) >= 11 is 1.38. The number of nitrogens with two attached hydrogens (primary N) is 1. The van der Waals surface area contributed by atoms with E-state index in [2.05, 4.69) is 15.3 Å². The van der Waals surface area contributed by atoms with Crippen molar-refractivity contribution >= 4 is 29.2 Å². The first-order valence-electron chi connectivity index (χ1n) is 7.04. The van der Waals surface area contributed by atoms with Gasteiger partial charge >= 0.3 is 0 Å². The second-order valence-electron chi connectivity index (χ2n) is 4.90. The number of nitrogens with zero attached hydrogens (tertiary/aromatic N) is 1. The van der Waals surface area contributed by atoms with Gasteiger partial charge in [0.2, 0.25) is 0 Å². The molecule has 1 amide bonds. The van der Waals surface area contributed by atoms with Crippen LogP contribution in [0.25, 0.3) is 0 Å². The third-order valence-corrected chi connectivity index (χ3v) is 4.32. The summed E-state index contributed by atoms with van der Waals surface area (Å²) in [5.74, 6) is -1.55. The molecule has 0 spiro atoms. The Balaban J connectivity index is 2.26. The molecule has 0 bridgehead atoms. The highest BCUT2D eigenvalue weighted by Gasteiger charge is 2.17. The van der Waals surface area contributed by atoms with Crippen LogP contribution in [0.3, 0.4) is 0 Å². The van der Waals surface area contributed by atoms with Crippen LogP contribution in [0.5, 0.6) is 0 Å². The molecule has 2 rings (SSSR count). The van der Waals surface area contributed by atoms with Gasteiger partial charge in [-0.25, -0.2) is 9.37 Å². The fourth-order valence-corrected chi connectivity index (χ4v) is 2.60. The summed E-state index contributed by atoms with van der Waals surface area (Å²) in [6.45, 7) is 4.01. The number of thioether (sulfide) groups is 1. The molecule has 23 heavy (non-hydrogen) atoms. The van der Waals surface area contributed by atoms with Crippen LogP contribution >= 0.6 is 11.8 Å². The summed E-state index contributed by atoms with van der Waals surface area (Å²) in [4.78, 5) is 30.8. The molecule has 8 heteroatoms. The Morgan fingerprint density at radius 2 is 2.17 bits per heavy atom. The highest BCUT2D eigenvalue weighted by Crippen LogP contribution is 2.23. The van der Waals surface area contributed by atoms with E-state index in [1.807, 2.05) is 13.8 Å². The van der Waals surface area contributed by atoms with Gasteiger partial charge < -0.3 is 11.1 Å². The molecule has 0 saturated heterocycles. The van der Waals surface area contributed by atoms with Gasteiger partial charge in [0.15, 0.2) is 11.0 Å². The molecule has 0 aliphatic carbocycles. The van der Waals surface area contributed by atoms with Gasteiger partial charge in [-0.05, 0) is 18.6 Å². The summed E-state index contributed by atoms with van der Waals surface area (Å²) in [5, 5.41) is 2.95. The number of carbonyl (C=O) groups is 1. The van der Waals surface area contributed by atoms with Crippen LogP contribution in [0.1, 0.15) is 30.6 Å². The summed E-state index contributed by atoms with van der Waals surface area (Å²) in [6.07, 6.45) is 0.903. The number of H-pyrrole nitrogens is 1. The summed E-state index contributed by atoms with van der Waals surface area (Å²) in [6, 6.07) is 5.47. The Hall–Kier alpha value is -2.35. The van der Waals surface area contributed by atoms with Crippen molar-refractivity contribution in [2.45, 2.75) is 30.7 Å². The van der Waals surface area contributed by atoms with Gasteiger partial charge in [0.1, 0.15) is 11.5 Å².